The highest BCUT2D eigenvalue weighted by atomic mass is 16.7. The van der Waals surface area contributed by atoms with Gasteiger partial charge in [-0.25, -0.2) is 4.79 Å². The second kappa shape index (κ2) is 9.20. The second-order valence-electron chi connectivity index (χ2n) is 5.16. The first kappa shape index (κ1) is 15.3. The van der Waals surface area contributed by atoms with Gasteiger partial charge < -0.3 is 14.4 Å². The van der Waals surface area contributed by atoms with Gasteiger partial charge in [0.25, 0.3) is 0 Å². The van der Waals surface area contributed by atoms with Crippen LogP contribution in [0.2, 0.25) is 0 Å². The number of nitrogens with zero attached hydrogens (tertiary/aromatic N) is 1. The predicted octanol–water partition coefficient (Wildman–Crippen LogP) is 3.20. The molecule has 0 amide bonds. The SMILES string of the molecule is CCCCCCCCOC(=O)OC1CCN(C)C1. The third-order valence-electron chi connectivity index (χ3n) is 3.33. The maximum absolute atomic E-state index is 11.4. The third-order valence-corrected chi connectivity index (χ3v) is 3.33. The monoisotopic (exact) mass is 257 g/mol. The summed E-state index contributed by atoms with van der Waals surface area (Å²) in [6, 6.07) is 0. The average molecular weight is 257 g/mol. The smallest absolute Gasteiger partial charge is 0.434 e. The van der Waals surface area contributed by atoms with Crippen molar-refractivity contribution in [2.75, 3.05) is 26.7 Å². The zero-order valence-corrected chi connectivity index (χ0v) is 11.8. The molecule has 4 nitrogen and oxygen atoms in total. The fourth-order valence-electron chi connectivity index (χ4n) is 2.20. The number of hydrogen-bond acceptors (Lipinski definition) is 4. The molecule has 1 saturated heterocycles. The van der Waals surface area contributed by atoms with Gasteiger partial charge in [-0.15, -0.1) is 0 Å². The Kier molecular flexibility index (Phi) is 7.81. The number of hydrogen-bond donors (Lipinski definition) is 0. The van der Waals surface area contributed by atoms with Crippen molar-refractivity contribution in [2.24, 2.45) is 0 Å². The molecule has 106 valence electrons. The summed E-state index contributed by atoms with van der Waals surface area (Å²) >= 11 is 0. The summed E-state index contributed by atoms with van der Waals surface area (Å²) in [6.45, 7) is 4.52. The highest BCUT2D eigenvalue weighted by Crippen LogP contribution is 2.11. The van der Waals surface area contributed by atoms with Gasteiger partial charge in [-0.05, 0) is 19.9 Å². The van der Waals surface area contributed by atoms with Gasteiger partial charge in [0.15, 0.2) is 0 Å². The van der Waals surface area contributed by atoms with Crippen molar-refractivity contribution in [1.29, 1.82) is 0 Å². The lowest BCUT2D eigenvalue weighted by molar-refractivity contribution is 0.0262. The fraction of sp³-hybridized carbons (Fsp3) is 0.929. The van der Waals surface area contributed by atoms with E-state index in [9.17, 15) is 4.79 Å². The molecule has 1 aliphatic heterocycles. The van der Waals surface area contributed by atoms with Gasteiger partial charge in [-0.3, -0.25) is 0 Å². The van der Waals surface area contributed by atoms with E-state index in [1.165, 1.54) is 25.7 Å². The van der Waals surface area contributed by atoms with Gasteiger partial charge >= 0.3 is 6.16 Å². The van der Waals surface area contributed by atoms with Crippen LogP contribution in [0.3, 0.4) is 0 Å². The van der Waals surface area contributed by atoms with E-state index in [1.54, 1.807) is 0 Å². The van der Waals surface area contributed by atoms with Crippen LogP contribution in [0, 0.1) is 0 Å². The van der Waals surface area contributed by atoms with Gasteiger partial charge in [0.05, 0.1) is 6.61 Å². The number of carbonyl (C=O) groups excluding carboxylic acids is 1. The molecule has 1 heterocycles. The molecule has 1 unspecified atom stereocenters. The molecule has 1 aliphatic rings. The van der Waals surface area contributed by atoms with E-state index in [4.69, 9.17) is 9.47 Å². The second-order valence-corrected chi connectivity index (χ2v) is 5.16. The molecule has 1 rings (SSSR count). The van der Waals surface area contributed by atoms with Crippen LogP contribution in [0.15, 0.2) is 0 Å². The highest BCUT2D eigenvalue weighted by Gasteiger charge is 2.23. The molecule has 0 aromatic carbocycles. The third kappa shape index (κ3) is 6.84. The van der Waals surface area contributed by atoms with Crippen molar-refractivity contribution >= 4 is 6.16 Å². The molecule has 0 saturated carbocycles. The summed E-state index contributed by atoms with van der Waals surface area (Å²) < 4.78 is 10.3. The average Bonchev–Trinajstić information content (AvgIpc) is 2.73. The Balaban J connectivity index is 1.90. The molecule has 0 radical (unpaired) electrons. The molecule has 1 fully saturated rings. The molecule has 1 atom stereocenters. The van der Waals surface area contributed by atoms with Crippen LogP contribution in [0.4, 0.5) is 4.79 Å². The lowest BCUT2D eigenvalue weighted by Gasteiger charge is -2.12. The van der Waals surface area contributed by atoms with Crippen molar-refractivity contribution in [3.63, 3.8) is 0 Å². The fourth-order valence-corrected chi connectivity index (χ4v) is 2.20. The molecule has 0 spiro atoms. The Morgan fingerprint density at radius 3 is 2.61 bits per heavy atom. The van der Waals surface area contributed by atoms with E-state index in [0.29, 0.717) is 6.61 Å². The first-order chi connectivity index (χ1) is 8.72. The van der Waals surface area contributed by atoms with E-state index >= 15 is 0 Å². The first-order valence-corrected chi connectivity index (χ1v) is 7.24. The predicted molar refractivity (Wildman–Crippen MR) is 71.7 cm³/mol. The molecular formula is C14H27NO3. The number of likely N-dealkylation sites (tertiary alicyclic amines) is 1. The number of carbonyl (C=O) groups is 1. The molecule has 0 aliphatic carbocycles. The molecule has 0 N–H and O–H groups in total. The minimum absolute atomic E-state index is 0.0204. The maximum atomic E-state index is 11.4. The number of rotatable bonds is 8. The van der Waals surface area contributed by atoms with Crippen molar-refractivity contribution in [1.82, 2.24) is 4.90 Å². The summed E-state index contributed by atoms with van der Waals surface area (Å²) in [5.41, 5.74) is 0. The zero-order valence-electron chi connectivity index (χ0n) is 11.8. The van der Waals surface area contributed by atoms with Crippen LogP contribution in [0.5, 0.6) is 0 Å². The standard InChI is InChI=1S/C14H27NO3/c1-3-4-5-6-7-8-11-17-14(16)18-13-9-10-15(2)12-13/h13H,3-12H2,1-2H3. The van der Waals surface area contributed by atoms with E-state index in [1.807, 2.05) is 7.05 Å². The Morgan fingerprint density at radius 2 is 1.94 bits per heavy atom. The van der Waals surface area contributed by atoms with Crippen LogP contribution >= 0.6 is 0 Å². The Hall–Kier alpha value is -0.770. The molecule has 0 aromatic heterocycles. The number of ether oxygens (including phenoxy) is 2. The maximum Gasteiger partial charge on any atom is 0.508 e. The number of likely N-dealkylation sites (N-methyl/N-ethyl adjacent to an activating group) is 1. The topological polar surface area (TPSA) is 38.8 Å². The van der Waals surface area contributed by atoms with Gasteiger partial charge in [0, 0.05) is 13.1 Å². The van der Waals surface area contributed by atoms with Crippen molar-refractivity contribution < 1.29 is 14.3 Å². The summed E-state index contributed by atoms with van der Waals surface area (Å²) in [4.78, 5) is 13.5. The summed E-state index contributed by atoms with van der Waals surface area (Å²) in [7, 11) is 2.03. The van der Waals surface area contributed by atoms with Crippen LogP contribution in [0.25, 0.3) is 0 Å². The molecule has 18 heavy (non-hydrogen) atoms. The van der Waals surface area contributed by atoms with E-state index < -0.39 is 6.16 Å². The summed E-state index contributed by atoms with van der Waals surface area (Å²) in [6.07, 6.45) is 7.62. The lowest BCUT2D eigenvalue weighted by Crippen LogP contribution is -2.22. The molecule has 4 heteroatoms. The zero-order chi connectivity index (χ0) is 13.2. The summed E-state index contributed by atoms with van der Waals surface area (Å²) in [5, 5.41) is 0. The van der Waals surface area contributed by atoms with Crippen LogP contribution < -0.4 is 0 Å². The van der Waals surface area contributed by atoms with Gasteiger partial charge in [-0.1, -0.05) is 39.0 Å². The van der Waals surface area contributed by atoms with E-state index in [2.05, 4.69) is 11.8 Å². The van der Waals surface area contributed by atoms with E-state index in [0.717, 1.165) is 32.4 Å². The van der Waals surface area contributed by atoms with Crippen LogP contribution in [-0.4, -0.2) is 43.9 Å². The van der Waals surface area contributed by atoms with Crippen LogP contribution in [0.1, 0.15) is 51.9 Å². The van der Waals surface area contributed by atoms with E-state index in [-0.39, 0.29) is 6.10 Å². The van der Waals surface area contributed by atoms with Gasteiger partial charge in [-0.2, -0.15) is 0 Å². The quantitative estimate of drug-likeness (QED) is 0.494. The van der Waals surface area contributed by atoms with Crippen LogP contribution in [-0.2, 0) is 9.47 Å². The Labute approximate surface area is 111 Å². The van der Waals surface area contributed by atoms with Gasteiger partial charge in [0.2, 0.25) is 0 Å². The minimum Gasteiger partial charge on any atom is -0.434 e. The Morgan fingerprint density at radius 1 is 1.22 bits per heavy atom. The van der Waals surface area contributed by atoms with Crippen molar-refractivity contribution in [3.8, 4) is 0 Å². The molecule has 0 aromatic rings. The largest absolute Gasteiger partial charge is 0.508 e. The molecule has 0 bridgehead atoms. The highest BCUT2D eigenvalue weighted by molar-refractivity contribution is 5.60. The number of unbranched alkanes of at least 4 members (excludes halogenated alkanes) is 5. The van der Waals surface area contributed by atoms with Gasteiger partial charge in [0.1, 0.15) is 6.10 Å². The summed E-state index contributed by atoms with van der Waals surface area (Å²) in [5.74, 6) is 0. The first-order valence-electron chi connectivity index (χ1n) is 7.24. The van der Waals surface area contributed by atoms with Crippen molar-refractivity contribution in [2.45, 2.75) is 58.0 Å². The van der Waals surface area contributed by atoms with Crippen molar-refractivity contribution in [3.05, 3.63) is 0 Å². The Bertz CT molecular complexity index is 233. The lowest BCUT2D eigenvalue weighted by atomic mass is 10.1. The normalized spacial score (nSPS) is 20.0. The molecular weight excluding hydrogens is 230 g/mol. The minimum atomic E-state index is -0.496.